The zero-order valence-corrected chi connectivity index (χ0v) is 18.2. The van der Waals surface area contributed by atoms with E-state index >= 15 is 0 Å². The number of piperazine rings is 1. The minimum absolute atomic E-state index is 0.490. The standard InChI is InChI=1S/C20H21Cl2N5OS/c21-15-10-17-19(28-7-1-24-17)18(11-15)27-4-2-26(3-5-27)6-8-29-20-14(12-23)9-16(22)13-25-20/h9-11,13,24H,1-8H2. The first-order chi connectivity index (χ1) is 14.1. The van der Waals surface area contributed by atoms with Gasteiger partial charge in [-0.3, -0.25) is 4.90 Å². The fraction of sp³-hybridized carbons (Fsp3) is 0.400. The van der Waals surface area contributed by atoms with Crippen molar-refractivity contribution < 1.29 is 4.74 Å². The Kier molecular flexibility index (Phi) is 6.56. The van der Waals surface area contributed by atoms with Gasteiger partial charge in [0.05, 0.1) is 22.0 Å². The molecule has 3 heterocycles. The van der Waals surface area contributed by atoms with Gasteiger partial charge in [0.2, 0.25) is 0 Å². The lowest BCUT2D eigenvalue weighted by molar-refractivity contribution is 0.270. The molecule has 1 fully saturated rings. The highest BCUT2D eigenvalue weighted by molar-refractivity contribution is 7.99. The van der Waals surface area contributed by atoms with Crippen molar-refractivity contribution in [2.45, 2.75) is 5.03 Å². The molecule has 0 saturated carbocycles. The van der Waals surface area contributed by atoms with Crippen molar-refractivity contribution in [3.8, 4) is 11.8 Å². The lowest BCUT2D eigenvalue weighted by Gasteiger charge is -2.37. The van der Waals surface area contributed by atoms with Crippen LogP contribution in [0.4, 0.5) is 11.4 Å². The van der Waals surface area contributed by atoms with E-state index in [1.54, 1.807) is 24.0 Å². The number of pyridine rings is 1. The summed E-state index contributed by atoms with van der Waals surface area (Å²) in [6.07, 6.45) is 1.59. The summed E-state index contributed by atoms with van der Waals surface area (Å²) >= 11 is 13.8. The maximum atomic E-state index is 9.23. The van der Waals surface area contributed by atoms with Crippen LogP contribution in [0.1, 0.15) is 5.56 Å². The quantitative estimate of drug-likeness (QED) is 0.692. The molecule has 0 aliphatic carbocycles. The van der Waals surface area contributed by atoms with Gasteiger partial charge in [-0.15, -0.1) is 11.8 Å². The van der Waals surface area contributed by atoms with E-state index in [-0.39, 0.29) is 0 Å². The number of ether oxygens (including phenoxy) is 1. The van der Waals surface area contributed by atoms with E-state index < -0.39 is 0 Å². The summed E-state index contributed by atoms with van der Waals surface area (Å²) in [5, 5.41) is 14.5. The highest BCUT2D eigenvalue weighted by Gasteiger charge is 2.23. The molecule has 0 unspecified atom stereocenters. The summed E-state index contributed by atoms with van der Waals surface area (Å²) in [7, 11) is 0. The van der Waals surface area contributed by atoms with Gasteiger partial charge in [0.25, 0.3) is 0 Å². The molecule has 0 bridgehead atoms. The number of benzene rings is 1. The van der Waals surface area contributed by atoms with Crippen LogP contribution in [0.5, 0.6) is 5.75 Å². The predicted molar refractivity (Wildman–Crippen MR) is 119 cm³/mol. The summed E-state index contributed by atoms with van der Waals surface area (Å²) in [4.78, 5) is 9.06. The van der Waals surface area contributed by atoms with E-state index in [1.807, 2.05) is 12.1 Å². The van der Waals surface area contributed by atoms with Crippen LogP contribution >= 0.6 is 35.0 Å². The van der Waals surface area contributed by atoms with Gasteiger partial charge >= 0.3 is 0 Å². The maximum Gasteiger partial charge on any atom is 0.165 e. The number of nitriles is 1. The molecule has 1 N–H and O–H groups in total. The van der Waals surface area contributed by atoms with Crippen molar-refractivity contribution in [3.63, 3.8) is 0 Å². The highest BCUT2D eigenvalue weighted by atomic mass is 35.5. The number of halogens is 2. The zero-order valence-electron chi connectivity index (χ0n) is 15.8. The van der Waals surface area contributed by atoms with Gasteiger partial charge in [-0.2, -0.15) is 5.26 Å². The molecule has 0 atom stereocenters. The second kappa shape index (κ2) is 9.31. The van der Waals surface area contributed by atoms with E-state index in [1.165, 1.54) is 0 Å². The smallest absolute Gasteiger partial charge is 0.165 e. The van der Waals surface area contributed by atoms with E-state index in [0.29, 0.717) is 17.2 Å². The average Bonchev–Trinajstić information content (AvgIpc) is 2.74. The summed E-state index contributed by atoms with van der Waals surface area (Å²) in [6.45, 7) is 6.19. The minimum Gasteiger partial charge on any atom is -0.487 e. The Hall–Kier alpha value is -1.85. The van der Waals surface area contributed by atoms with Gasteiger partial charge < -0.3 is 15.0 Å². The second-order valence-corrected chi connectivity index (χ2v) is 8.83. The molecule has 0 spiro atoms. The number of nitrogens with zero attached hydrogens (tertiary/aromatic N) is 4. The number of rotatable bonds is 5. The van der Waals surface area contributed by atoms with Crippen molar-refractivity contribution >= 4 is 46.3 Å². The minimum atomic E-state index is 0.490. The molecule has 2 aromatic rings. The third-order valence-corrected chi connectivity index (χ3v) is 6.41. The van der Waals surface area contributed by atoms with Gasteiger partial charge in [-0.1, -0.05) is 23.2 Å². The molecule has 6 nitrogen and oxygen atoms in total. The zero-order chi connectivity index (χ0) is 20.2. The molecule has 0 amide bonds. The number of hydrogen-bond donors (Lipinski definition) is 1. The van der Waals surface area contributed by atoms with Crippen LogP contribution < -0.4 is 15.0 Å². The molecular formula is C20H21Cl2N5OS. The Balaban J connectivity index is 1.32. The number of fused-ring (bicyclic) bond motifs is 1. The summed E-state index contributed by atoms with van der Waals surface area (Å²) in [5.74, 6) is 1.78. The topological polar surface area (TPSA) is 64.4 Å². The molecule has 152 valence electrons. The van der Waals surface area contributed by atoms with Crippen LogP contribution in [0, 0.1) is 11.3 Å². The van der Waals surface area contributed by atoms with E-state index in [4.69, 9.17) is 27.9 Å². The van der Waals surface area contributed by atoms with E-state index in [2.05, 4.69) is 26.2 Å². The molecule has 1 aromatic heterocycles. The Bertz CT molecular complexity index is 928. The van der Waals surface area contributed by atoms with Crippen LogP contribution in [-0.2, 0) is 0 Å². The Labute approximate surface area is 184 Å². The average molecular weight is 450 g/mol. The fourth-order valence-electron chi connectivity index (χ4n) is 3.54. The Morgan fingerprint density at radius 2 is 2.00 bits per heavy atom. The number of anilines is 2. The molecular weight excluding hydrogens is 429 g/mol. The lowest BCUT2D eigenvalue weighted by atomic mass is 10.2. The van der Waals surface area contributed by atoms with Crippen molar-refractivity contribution in [3.05, 3.63) is 40.0 Å². The largest absolute Gasteiger partial charge is 0.487 e. The number of hydrogen-bond acceptors (Lipinski definition) is 7. The second-order valence-electron chi connectivity index (χ2n) is 6.87. The molecule has 9 heteroatoms. The molecule has 1 aromatic carbocycles. The van der Waals surface area contributed by atoms with Gasteiger partial charge in [0, 0.05) is 56.2 Å². The van der Waals surface area contributed by atoms with Crippen molar-refractivity contribution in [2.75, 3.05) is 61.8 Å². The molecule has 29 heavy (non-hydrogen) atoms. The number of aromatic nitrogens is 1. The fourth-order valence-corrected chi connectivity index (χ4v) is 4.84. The summed E-state index contributed by atoms with van der Waals surface area (Å²) in [5.41, 5.74) is 2.57. The number of thioether (sulfide) groups is 1. The molecule has 0 radical (unpaired) electrons. The van der Waals surface area contributed by atoms with Gasteiger partial charge in [0.1, 0.15) is 17.7 Å². The normalized spacial score (nSPS) is 16.5. The van der Waals surface area contributed by atoms with E-state index in [9.17, 15) is 5.26 Å². The van der Waals surface area contributed by atoms with Crippen molar-refractivity contribution in [1.82, 2.24) is 9.88 Å². The predicted octanol–water partition coefficient (Wildman–Crippen LogP) is 3.98. The van der Waals surface area contributed by atoms with Gasteiger partial charge in [-0.05, 0) is 18.2 Å². The van der Waals surface area contributed by atoms with Crippen LogP contribution in [-0.4, -0.2) is 61.5 Å². The maximum absolute atomic E-state index is 9.23. The SMILES string of the molecule is N#Cc1cc(Cl)cnc1SCCN1CCN(c2cc(Cl)cc3c2OCCN3)CC1. The Morgan fingerprint density at radius 1 is 1.17 bits per heavy atom. The first kappa shape index (κ1) is 20.4. The van der Waals surface area contributed by atoms with Crippen LogP contribution in [0.15, 0.2) is 29.4 Å². The summed E-state index contributed by atoms with van der Waals surface area (Å²) < 4.78 is 5.91. The molecule has 2 aliphatic heterocycles. The van der Waals surface area contributed by atoms with Crippen LogP contribution in [0.2, 0.25) is 10.0 Å². The van der Waals surface area contributed by atoms with Gasteiger partial charge in [-0.25, -0.2) is 4.98 Å². The third kappa shape index (κ3) is 4.84. The monoisotopic (exact) mass is 449 g/mol. The molecule has 2 aliphatic rings. The van der Waals surface area contributed by atoms with Crippen molar-refractivity contribution in [2.24, 2.45) is 0 Å². The number of nitrogens with one attached hydrogen (secondary N) is 1. The Morgan fingerprint density at radius 3 is 2.79 bits per heavy atom. The third-order valence-electron chi connectivity index (χ3n) is 5.00. The summed E-state index contributed by atoms with van der Waals surface area (Å²) in [6, 6.07) is 7.75. The van der Waals surface area contributed by atoms with Gasteiger partial charge in [0.15, 0.2) is 5.75 Å². The first-order valence-corrected chi connectivity index (χ1v) is 11.2. The van der Waals surface area contributed by atoms with Crippen LogP contribution in [0.3, 0.4) is 0 Å². The van der Waals surface area contributed by atoms with Crippen LogP contribution in [0.25, 0.3) is 0 Å². The van der Waals surface area contributed by atoms with E-state index in [0.717, 1.165) is 72.2 Å². The first-order valence-electron chi connectivity index (χ1n) is 9.50. The molecule has 1 saturated heterocycles. The molecule has 4 rings (SSSR count). The highest BCUT2D eigenvalue weighted by Crippen LogP contribution is 2.40. The van der Waals surface area contributed by atoms with Crippen molar-refractivity contribution in [1.29, 1.82) is 5.26 Å². The lowest BCUT2D eigenvalue weighted by Crippen LogP contribution is -2.47.